The molecule has 192 valence electrons. The highest BCUT2D eigenvalue weighted by Gasteiger charge is 2.22. The zero-order valence-electron chi connectivity index (χ0n) is 19.5. The minimum absolute atomic E-state index is 0.0165. The van der Waals surface area contributed by atoms with E-state index in [2.05, 4.69) is 0 Å². The van der Waals surface area contributed by atoms with Crippen LogP contribution in [0.4, 0.5) is 0 Å². The molecule has 8 nitrogen and oxygen atoms in total. The minimum Gasteiger partial charge on any atom is -0.508 e. The van der Waals surface area contributed by atoms with Gasteiger partial charge in [0, 0.05) is 6.42 Å². The van der Waals surface area contributed by atoms with Crippen molar-refractivity contribution in [1.82, 2.24) is 0 Å². The Hall–Kier alpha value is -4.02. The van der Waals surface area contributed by atoms with Gasteiger partial charge in [0.15, 0.2) is 0 Å². The lowest BCUT2D eigenvalue weighted by Crippen LogP contribution is -2.09. The van der Waals surface area contributed by atoms with E-state index in [1.165, 1.54) is 72.8 Å². The molecule has 37 heavy (non-hydrogen) atoms. The third-order valence-electron chi connectivity index (χ3n) is 5.39. The SMILES string of the molecule is O=S(=O)(c1ccc(OCCCOc2ccccc2S(=O)(=O)c2ccc(O)cc2)cc1)c1ccccc1O. The van der Waals surface area contributed by atoms with Gasteiger partial charge in [-0.2, -0.15) is 0 Å². The summed E-state index contributed by atoms with van der Waals surface area (Å²) in [6.07, 6.45) is 0.436. The number of ether oxygens (including phenoxy) is 2. The Morgan fingerprint density at radius 3 is 1.73 bits per heavy atom. The van der Waals surface area contributed by atoms with Gasteiger partial charge in [0.2, 0.25) is 19.7 Å². The van der Waals surface area contributed by atoms with Crippen molar-refractivity contribution in [1.29, 1.82) is 0 Å². The van der Waals surface area contributed by atoms with E-state index in [1.807, 2.05) is 0 Å². The molecule has 0 aromatic heterocycles. The molecular weight excluding hydrogens is 516 g/mol. The molecular formula is C27H24O8S2. The summed E-state index contributed by atoms with van der Waals surface area (Å²) in [6.45, 7) is 0.431. The van der Waals surface area contributed by atoms with Crippen LogP contribution in [0.3, 0.4) is 0 Å². The molecule has 0 bridgehead atoms. The number of phenolic OH excluding ortho intramolecular Hbond substituents is 2. The van der Waals surface area contributed by atoms with Crippen LogP contribution >= 0.6 is 0 Å². The number of hydrogen-bond donors (Lipinski definition) is 2. The van der Waals surface area contributed by atoms with Crippen LogP contribution in [0, 0.1) is 0 Å². The van der Waals surface area contributed by atoms with E-state index < -0.39 is 19.7 Å². The fraction of sp³-hybridized carbons (Fsp3) is 0.111. The monoisotopic (exact) mass is 540 g/mol. The lowest BCUT2D eigenvalue weighted by molar-refractivity contribution is 0.244. The fourth-order valence-electron chi connectivity index (χ4n) is 3.50. The summed E-state index contributed by atoms with van der Waals surface area (Å²) in [5.41, 5.74) is 0. The molecule has 4 rings (SSSR count). The van der Waals surface area contributed by atoms with Gasteiger partial charge in [-0.3, -0.25) is 0 Å². The molecule has 0 saturated carbocycles. The van der Waals surface area contributed by atoms with Gasteiger partial charge in [0.05, 0.1) is 23.0 Å². The molecule has 0 saturated heterocycles. The van der Waals surface area contributed by atoms with Gasteiger partial charge < -0.3 is 19.7 Å². The van der Waals surface area contributed by atoms with Crippen LogP contribution in [0.25, 0.3) is 0 Å². The molecule has 2 N–H and O–H groups in total. The van der Waals surface area contributed by atoms with E-state index in [9.17, 15) is 27.0 Å². The summed E-state index contributed by atoms with van der Waals surface area (Å²) in [5, 5.41) is 19.3. The molecule has 0 aliphatic heterocycles. The predicted octanol–water partition coefficient (Wildman–Crippen LogP) is 4.61. The van der Waals surface area contributed by atoms with Crippen molar-refractivity contribution in [3.63, 3.8) is 0 Å². The molecule has 0 heterocycles. The standard InChI is InChI=1S/C27H24O8S2/c28-20-10-14-22(15-11-20)37(32,33)27-9-4-2-7-25(27)35-19-5-18-34-21-12-16-23(17-13-21)36(30,31)26-8-3-1-6-24(26)29/h1-4,6-17,28-29H,5,18-19H2. The molecule has 0 unspecified atom stereocenters. The maximum Gasteiger partial charge on any atom is 0.210 e. The highest BCUT2D eigenvalue weighted by molar-refractivity contribution is 7.92. The molecule has 4 aromatic rings. The largest absolute Gasteiger partial charge is 0.508 e. The van der Waals surface area contributed by atoms with Gasteiger partial charge in [-0.25, -0.2) is 16.8 Å². The third-order valence-corrected chi connectivity index (χ3v) is 9.02. The van der Waals surface area contributed by atoms with Gasteiger partial charge in [-0.15, -0.1) is 0 Å². The van der Waals surface area contributed by atoms with Crippen LogP contribution in [-0.2, 0) is 19.7 Å². The molecule has 0 fully saturated rings. The van der Waals surface area contributed by atoms with Crippen LogP contribution < -0.4 is 9.47 Å². The van der Waals surface area contributed by atoms with Crippen LogP contribution in [-0.4, -0.2) is 40.3 Å². The Labute approximate surface area is 215 Å². The van der Waals surface area contributed by atoms with E-state index in [1.54, 1.807) is 24.3 Å². The number of hydrogen-bond acceptors (Lipinski definition) is 8. The molecule has 0 aliphatic carbocycles. The Kier molecular flexibility index (Phi) is 7.70. The second kappa shape index (κ2) is 10.9. The van der Waals surface area contributed by atoms with E-state index in [0.29, 0.717) is 12.2 Å². The van der Waals surface area contributed by atoms with E-state index in [0.717, 1.165) is 0 Å². The number of phenols is 2. The number of para-hydroxylation sites is 2. The van der Waals surface area contributed by atoms with Crippen molar-refractivity contribution < 1.29 is 36.5 Å². The van der Waals surface area contributed by atoms with Gasteiger partial charge in [-0.05, 0) is 72.8 Å². The topological polar surface area (TPSA) is 127 Å². The lowest BCUT2D eigenvalue weighted by Gasteiger charge is -2.13. The maximum atomic E-state index is 13.0. The minimum atomic E-state index is -3.87. The predicted molar refractivity (Wildman–Crippen MR) is 136 cm³/mol. The third kappa shape index (κ3) is 5.87. The van der Waals surface area contributed by atoms with Crippen LogP contribution in [0.2, 0.25) is 0 Å². The molecule has 0 spiro atoms. The summed E-state index contributed by atoms with van der Waals surface area (Å²) in [7, 11) is -7.71. The quantitative estimate of drug-likeness (QED) is 0.279. The second-order valence-electron chi connectivity index (χ2n) is 7.94. The maximum absolute atomic E-state index is 13.0. The average Bonchev–Trinajstić information content (AvgIpc) is 2.89. The van der Waals surface area contributed by atoms with E-state index >= 15 is 0 Å². The summed E-state index contributed by atoms with van der Waals surface area (Å²) in [4.78, 5) is -0.0925. The zero-order chi connectivity index (χ0) is 26.5. The highest BCUT2D eigenvalue weighted by Crippen LogP contribution is 2.31. The molecule has 0 amide bonds. The second-order valence-corrected chi connectivity index (χ2v) is 11.8. The molecule has 4 aromatic carbocycles. The van der Waals surface area contributed by atoms with Crippen molar-refractivity contribution in [2.75, 3.05) is 13.2 Å². The van der Waals surface area contributed by atoms with Crippen molar-refractivity contribution >= 4 is 19.7 Å². The normalized spacial score (nSPS) is 11.7. The fourth-order valence-corrected chi connectivity index (χ4v) is 6.25. The number of aromatic hydroxyl groups is 2. The smallest absolute Gasteiger partial charge is 0.210 e. The number of sulfone groups is 2. The summed E-state index contributed by atoms with van der Waals surface area (Å²) in [6, 6.07) is 23.1. The number of benzene rings is 4. The highest BCUT2D eigenvalue weighted by atomic mass is 32.2. The Bertz CT molecular complexity index is 1580. The van der Waals surface area contributed by atoms with E-state index in [4.69, 9.17) is 9.47 Å². The van der Waals surface area contributed by atoms with Gasteiger partial charge in [0.25, 0.3) is 0 Å². The molecule has 0 atom stereocenters. The van der Waals surface area contributed by atoms with Gasteiger partial charge in [-0.1, -0.05) is 24.3 Å². The van der Waals surface area contributed by atoms with Crippen molar-refractivity contribution in [2.45, 2.75) is 26.0 Å². The molecule has 0 radical (unpaired) electrons. The Morgan fingerprint density at radius 1 is 0.568 bits per heavy atom. The van der Waals surface area contributed by atoms with Crippen LogP contribution in [0.1, 0.15) is 6.42 Å². The Morgan fingerprint density at radius 2 is 1.08 bits per heavy atom. The van der Waals surface area contributed by atoms with E-state index in [-0.39, 0.29) is 50.0 Å². The lowest BCUT2D eigenvalue weighted by atomic mass is 10.3. The van der Waals surface area contributed by atoms with Crippen molar-refractivity contribution in [2.24, 2.45) is 0 Å². The molecule has 10 heteroatoms. The molecule has 0 aliphatic rings. The first kappa shape index (κ1) is 26.1. The number of rotatable bonds is 10. The van der Waals surface area contributed by atoms with Crippen LogP contribution in [0.5, 0.6) is 23.0 Å². The summed E-state index contributed by atoms with van der Waals surface area (Å²) >= 11 is 0. The first-order valence-electron chi connectivity index (χ1n) is 11.2. The van der Waals surface area contributed by atoms with Crippen molar-refractivity contribution in [3.05, 3.63) is 97.1 Å². The summed E-state index contributed by atoms with van der Waals surface area (Å²) in [5.74, 6) is 0.302. The first-order valence-corrected chi connectivity index (χ1v) is 14.2. The average molecular weight is 541 g/mol. The summed E-state index contributed by atoms with van der Waals surface area (Å²) < 4.78 is 62.8. The van der Waals surface area contributed by atoms with Gasteiger partial charge >= 0.3 is 0 Å². The van der Waals surface area contributed by atoms with Crippen molar-refractivity contribution in [3.8, 4) is 23.0 Å². The van der Waals surface area contributed by atoms with Crippen LogP contribution in [0.15, 0.2) is 117 Å². The zero-order valence-corrected chi connectivity index (χ0v) is 21.2. The first-order chi connectivity index (χ1) is 17.7. The Balaban J connectivity index is 1.34. The van der Waals surface area contributed by atoms with Gasteiger partial charge in [0.1, 0.15) is 32.8 Å².